The van der Waals surface area contributed by atoms with Gasteiger partial charge in [-0.15, -0.1) is 0 Å². The van der Waals surface area contributed by atoms with Crippen LogP contribution >= 0.6 is 0 Å². The van der Waals surface area contributed by atoms with Crippen LogP contribution in [0, 0.1) is 5.41 Å². The quantitative estimate of drug-likeness (QED) is 0.767. The van der Waals surface area contributed by atoms with Gasteiger partial charge in [0.15, 0.2) is 0 Å². The molecule has 1 N–H and O–H groups in total. The SMILES string of the molecule is COCCC1(C(=O)O)CCC(F)(F)C1. The zero-order chi connectivity index (χ0) is 10.8. The molecule has 1 aliphatic carbocycles. The third kappa shape index (κ3) is 2.20. The summed E-state index contributed by atoms with van der Waals surface area (Å²) in [4.78, 5) is 10.9. The molecule has 0 amide bonds. The fourth-order valence-electron chi connectivity index (χ4n) is 1.89. The normalized spacial score (nSPS) is 30.5. The number of hydrogen-bond acceptors (Lipinski definition) is 2. The van der Waals surface area contributed by atoms with E-state index in [1.54, 1.807) is 0 Å². The Morgan fingerprint density at radius 3 is 2.50 bits per heavy atom. The fourth-order valence-corrected chi connectivity index (χ4v) is 1.89. The van der Waals surface area contributed by atoms with E-state index in [9.17, 15) is 13.6 Å². The lowest BCUT2D eigenvalue weighted by Gasteiger charge is -2.23. The summed E-state index contributed by atoms with van der Waals surface area (Å²) in [6.45, 7) is 0.211. The summed E-state index contributed by atoms with van der Waals surface area (Å²) in [7, 11) is 1.43. The van der Waals surface area contributed by atoms with Gasteiger partial charge in [-0.2, -0.15) is 0 Å². The van der Waals surface area contributed by atoms with Gasteiger partial charge < -0.3 is 9.84 Å². The van der Waals surface area contributed by atoms with Crippen molar-refractivity contribution in [2.45, 2.75) is 31.6 Å². The van der Waals surface area contributed by atoms with E-state index in [0.717, 1.165) is 0 Å². The van der Waals surface area contributed by atoms with Crippen LogP contribution in [0.15, 0.2) is 0 Å². The van der Waals surface area contributed by atoms with Crippen molar-refractivity contribution in [3.05, 3.63) is 0 Å². The first-order valence-electron chi connectivity index (χ1n) is 4.52. The van der Waals surface area contributed by atoms with Gasteiger partial charge in [0.1, 0.15) is 0 Å². The molecule has 0 saturated heterocycles. The van der Waals surface area contributed by atoms with E-state index in [-0.39, 0.29) is 25.9 Å². The Morgan fingerprint density at radius 2 is 2.14 bits per heavy atom. The molecule has 0 spiro atoms. The second-order valence-electron chi connectivity index (χ2n) is 3.86. The molecule has 1 unspecified atom stereocenters. The summed E-state index contributed by atoms with van der Waals surface area (Å²) in [5.41, 5.74) is -1.28. The van der Waals surface area contributed by atoms with Gasteiger partial charge in [-0.25, -0.2) is 8.78 Å². The Kier molecular flexibility index (Phi) is 3.09. The molecule has 0 aromatic heterocycles. The summed E-state index contributed by atoms with van der Waals surface area (Å²) in [6, 6.07) is 0. The predicted molar refractivity (Wildman–Crippen MR) is 45.4 cm³/mol. The molecular formula is C9H14F2O3. The molecule has 1 aliphatic rings. The Morgan fingerprint density at radius 1 is 1.50 bits per heavy atom. The van der Waals surface area contributed by atoms with Crippen molar-refractivity contribution in [2.24, 2.45) is 5.41 Å². The number of alkyl halides is 2. The van der Waals surface area contributed by atoms with Crippen LogP contribution in [0.4, 0.5) is 8.78 Å². The highest BCUT2D eigenvalue weighted by Crippen LogP contribution is 2.49. The minimum Gasteiger partial charge on any atom is -0.481 e. The van der Waals surface area contributed by atoms with E-state index >= 15 is 0 Å². The van der Waals surface area contributed by atoms with Crippen molar-refractivity contribution in [1.82, 2.24) is 0 Å². The second-order valence-corrected chi connectivity index (χ2v) is 3.86. The lowest BCUT2D eigenvalue weighted by atomic mass is 9.83. The first-order chi connectivity index (χ1) is 6.42. The van der Waals surface area contributed by atoms with Crippen LogP contribution in [0.5, 0.6) is 0 Å². The maximum Gasteiger partial charge on any atom is 0.309 e. The maximum absolute atomic E-state index is 12.9. The van der Waals surface area contributed by atoms with E-state index in [1.807, 2.05) is 0 Å². The van der Waals surface area contributed by atoms with Gasteiger partial charge in [0, 0.05) is 26.6 Å². The molecule has 0 aromatic rings. The first-order valence-corrected chi connectivity index (χ1v) is 4.52. The van der Waals surface area contributed by atoms with Gasteiger partial charge in [0.05, 0.1) is 5.41 Å². The lowest BCUT2D eigenvalue weighted by Crippen LogP contribution is -2.31. The molecule has 1 atom stereocenters. The Balaban J connectivity index is 2.70. The smallest absolute Gasteiger partial charge is 0.309 e. The molecule has 14 heavy (non-hydrogen) atoms. The fraction of sp³-hybridized carbons (Fsp3) is 0.889. The van der Waals surface area contributed by atoms with Crippen LogP contribution in [0.2, 0.25) is 0 Å². The van der Waals surface area contributed by atoms with Crippen LogP contribution in [-0.2, 0) is 9.53 Å². The third-order valence-corrected chi connectivity index (χ3v) is 2.80. The molecule has 1 rings (SSSR count). The van der Waals surface area contributed by atoms with Crippen LogP contribution < -0.4 is 0 Å². The Labute approximate surface area is 81.1 Å². The largest absolute Gasteiger partial charge is 0.481 e. The summed E-state index contributed by atoms with van der Waals surface area (Å²) < 4.78 is 30.6. The van der Waals surface area contributed by atoms with E-state index < -0.39 is 23.7 Å². The van der Waals surface area contributed by atoms with Crippen LogP contribution in [0.3, 0.4) is 0 Å². The van der Waals surface area contributed by atoms with Crippen LogP contribution in [-0.4, -0.2) is 30.7 Å². The van der Waals surface area contributed by atoms with Gasteiger partial charge in [-0.05, 0) is 12.8 Å². The van der Waals surface area contributed by atoms with Crippen LogP contribution in [0.1, 0.15) is 25.7 Å². The molecule has 1 fully saturated rings. The molecule has 3 nitrogen and oxygen atoms in total. The molecule has 82 valence electrons. The number of halogens is 2. The van der Waals surface area contributed by atoms with Crippen LogP contribution in [0.25, 0.3) is 0 Å². The van der Waals surface area contributed by atoms with Crippen molar-refractivity contribution in [2.75, 3.05) is 13.7 Å². The van der Waals surface area contributed by atoms with Crippen molar-refractivity contribution in [1.29, 1.82) is 0 Å². The predicted octanol–water partition coefficient (Wildman–Crippen LogP) is 1.91. The number of carbonyl (C=O) groups is 1. The molecule has 0 aliphatic heterocycles. The maximum atomic E-state index is 12.9. The molecule has 0 aromatic carbocycles. The van der Waals surface area contributed by atoms with Gasteiger partial charge in [-0.1, -0.05) is 0 Å². The standard InChI is InChI=1S/C9H14F2O3/c1-14-5-4-8(7(12)13)2-3-9(10,11)6-8/h2-6H2,1H3,(H,12,13). The molecule has 0 radical (unpaired) electrons. The molecule has 5 heteroatoms. The number of rotatable bonds is 4. The number of methoxy groups -OCH3 is 1. The highest BCUT2D eigenvalue weighted by atomic mass is 19.3. The minimum atomic E-state index is -2.83. The molecule has 0 heterocycles. The summed E-state index contributed by atoms with van der Waals surface area (Å²) in [6.07, 6.45) is -0.686. The topological polar surface area (TPSA) is 46.5 Å². The zero-order valence-electron chi connectivity index (χ0n) is 8.06. The van der Waals surface area contributed by atoms with Gasteiger partial charge in [-0.3, -0.25) is 4.79 Å². The van der Waals surface area contributed by atoms with Crippen molar-refractivity contribution in [3.63, 3.8) is 0 Å². The van der Waals surface area contributed by atoms with E-state index in [0.29, 0.717) is 0 Å². The van der Waals surface area contributed by atoms with Crippen molar-refractivity contribution in [3.8, 4) is 0 Å². The number of carboxylic acids is 1. The summed E-state index contributed by atoms with van der Waals surface area (Å²) in [5, 5.41) is 8.93. The van der Waals surface area contributed by atoms with E-state index in [1.165, 1.54) is 7.11 Å². The minimum absolute atomic E-state index is 0.0404. The molecular weight excluding hydrogens is 194 g/mol. The zero-order valence-corrected chi connectivity index (χ0v) is 8.06. The summed E-state index contributed by atoms with van der Waals surface area (Å²) in [5.74, 6) is -3.96. The first kappa shape index (κ1) is 11.4. The number of ether oxygens (including phenoxy) is 1. The van der Waals surface area contributed by atoms with E-state index in [2.05, 4.69) is 0 Å². The Hall–Kier alpha value is -0.710. The molecule has 0 bridgehead atoms. The monoisotopic (exact) mass is 208 g/mol. The van der Waals surface area contributed by atoms with E-state index in [4.69, 9.17) is 9.84 Å². The average Bonchev–Trinajstić information content (AvgIpc) is 2.40. The highest BCUT2D eigenvalue weighted by molar-refractivity contribution is 5.75. The number of carboxylic acid groups (broad SMARTS) is 1. The highest BCUT2D eigenvalue weighted by Gasteiger charge is 2.53. The van der Waals surface area contributed by atoms with Gasteiger partial charge in [0.2, 0.25) is 5.92 Å². The summed E-state index contributed by atoms with van der Waals surface area (Å²) >= 11 is 0. The second kappa shape index (κ2) is 3.81. The lowest BCUT2D eigenvalue weighted by molar-refractivity contribution is -0.151. The Bertz CT molecular complexity index is 230. The van der Waals surface area contributed by atoms with Crippen molar-refractivity contribution < 1.29 is 23.4 Å². The van der Waals surface area contributed by atoms with Gasteiger partial charge >= 0.3 is 5.97 Å². The number of aliphatic carboxylic acids is 1. The molecule has 1 saturated carbocycles. The third-order valence-electron chi connectivity index (χ3n) is 2.80. The number of hydrogen-bond donors (Lipinski definition) is 1. The van der Waals surface area contributed by atoms with Gasteiger partial charge in [0.25, 0.3) is 0 Å². The van der Waals surface area contributed by atoms with Crippen molar-refractivity contribution >= 4 is 5.97 Å². The average molecular weight is 208 g/mol.